The zero-order chi connectivity index (χ0) is 12.4. The van der Waals surface area contributed by atoms with E-state index in [1.54, 1.807) is 0 Å². The van der Waals surface area contributed by atoms with Gasteiger partial charge in [0.05, 0.1) is 6.04 Å². The standard InChI is InChI=1S/C13H15N3OS/c1-9-2-4-10(5-3-9)12-15-13(17-16-12)11-8-18-7-6-14-11/h2-5,11,14H,6-8H2,1H3. The fourth-order valence-corrected chi connectivity index (χ4v) is 2.85. The number of hydrogen-bond donors (Lipinski definition) is 1. The Balaban J connectivity index is 1.82. The van der Waals surface area contributed by atoms with Crippen molar-refractivity contribution in [3.63, 3.8) is 0 Å². The summed E-state index contributed by atoms with van der Waals surface area (Å²) in [5.41, 5.74) is 2.23. The molecule has 1 atom stereocenters. The monoisotopic (exact) mass is 261 g/mol. The summed E-state index contributed by atoms with van der Waals surface area (Å²) in [6, 6.07) is 8.34. The molecule has 1 aromatic carbocycles. The van der Waals surface area contributed by atoms with E-state index in [4.69, 9.17) is 4.52 Å². The predicted octanol–water partition coefficient (Wildman–Crippen LogP) is 2.42. The fourth-order valence-electron chi connectivity index (χ4n) is 1.92. The SMILES string of the molecule is Cc1ccc(-c2noc(C3CSCCN3)n2)cc1. The van der Waals surface area contributed by atoms with E-state index in [1.165, 1.54) is 5.56 Å². The number of rotatable bonds is 2. The molecule has 4 nitrogen and oxygen atoms in total. The first-order chi connectivity index (χ1) is 8.83. The minimum absolute atomic E-state index is 0.190. The number of benzene rings is 1. The molecule has 0 spiro atoms. The molecule has 1 aromatic heterocycles. The molecule has 1 fully saturated rings. The van der Waals surface area contributed by atoms with Crippen LogP contribution in [0, 0.1) is 6.92 Å². The van der Waals surface area contributed by atoms with Crippen molar-refractivity contribution in [3.05, 3.63) is 35.7 Å². The van der Waals surface area contributed by atoms with Gasteiger partial charge < -0.3 is 9.84 Å². The number of thioether (sulfide) groups is 1. The van der Waals surface area contributed by atoms with Crippen molar-refractivity contribution in [1.29, 1.82) is 0 Å². The highest BCUT2D eigenvalue weighted by atomic mass is 32.2. The molecule has 0 amide bonds. The van der Waals surface area contributed by atoms with Crippen LogP contribution in [0.4, 0.5) is 0 Å². The summed E-state index contributed by atoms with van der Waals surface area (Å²) >= 11 is 1.91. The molecule has 18 heavy (non-hydrogen) atoms. The van der Waals surface area contributed by atoms with Crippen molar-refractivity contribution >= 4 is 11.8 Å². The summed E-state index contributed by atoms with van der Waals surface area (Å²) in [6.45, 7) is 3.06. The first-order valence-corrected chi connectivity index (χ1v) is 7.20. The van der Waals surface area contributed by atoms with Gasteiger partial charge in [0, 0.05) is 23.6 Å². The normalized spacial score (nSPS) is 19.9. The van der Waals surface area contributed by atoms with Crippen LogP contribution < -0.4 is 5.32 Å². The first kappa shape index (κ1) is 11.7. The maximum atomic E-state index is 5.35. The highest BCUT2D eigenvalue weighted by Crippen LogP contribution is 2.23. The molecular formula is C13H15N3OS. The van der Waals surface area contributed by atoms with Gasteiger partial charge in [0.2, 0.25) is 11.7 Å². The van der Waals surface area contributed by atoms with Crippen LogP contribution in [-0.2, 0) is 0 Å². The highest BCUT2D eigenvalue weighted by molar-refractivity contribution is 7.99. The van der Waals surface area contributed by atoms with E-state index in [9.17, 15) is 0 Å². The van der Waals surface area contributed by atoms with Crippen LogP contribution in [0.3, 0.4) is 0 Å². The zero-order valence-corrected chi connectivity index (χ0v) is 11.0. The molecule has 1 aliphatic rings. The van der Waals surface area contributed by atoms with Crippen molar-refractivity contribution in [2.75, 3.05) is 18.1 Å². The second-order valence-corrected chi connectivity index (χ2v) is 5.55. The fraction of sp³-hybridized carbons (Fsp3) is 0.385. The molecule has 3 rings (SSSR count). The Kier molecular flexibility index (Phi) is 3.34. The average molecular weight is 261 g/mol. The zero-order valence-electron chi connectivity index (χ0n) is 10.2. The number of nitrogens with zero attached hydrogens (tertiary/aromatic N) is 2. The lowest BCUT2D eigenvalue weighted by molar-refractivity contribution is 0.342. The van der Waals surface area contributed by atoms with Crippen molar-refractivity contribution in [3.8, 4) is 11.4 Å². The summed E-state index contributed by atoms with van der Waals surface area (Å²) < 4.78 is 5.35. The lowest BCUT2D eigenvalue weighted by atomic mass is 10.1. The Morgan fingerprint density at radius 2 is 2.17 bits per heavy atom. The summed E-state index contributed by atoms with van der Waals surface area (Å²) in [6.07, 6.45) is 0. The quantitative estimate of drug-likeness (QED) is 0.899. The van der Waals surface area contributed by atoms with E-state index >= 15 is 0 Å². The molecule has 1 N–H and O–H groups in total. The molecule has 1 unspecified atom stereocenters. The lowest BCUT2D eigenvalue weighted by Crippen LogP contribution is -2.30. The summed E-state index contributed by atoms with van der Waals surface area (Å²) in [5, 5.41) is 7.45. The Morgan fingerprint density at radius 1 is 1.33 bits per heavy atom. The number of aryl methyl sites for hydroxylation is 1. The van der Waals surface area contributed by atoms with Gasteiger partial charge in [0.1, 0.15) is 0 Å². The van der Waals surface area contributed by atoms with Crippen LogP contribution in [0.5, 0.6) is 0 Å². The first-order valence-electron chi connectivity index (χ1n) is 6.05. The Hall–Kier alpha value is -1.33. The van der Waals surface area contributed by atoms with Gasteiger partial charge in [-0.2, -0.15) is 16.7 Å². The van der Waals surface area contributed by atoms with Crippen LogP contribution in [-0.4, -0.2) is 28.2 Å². The smallest absolute Gasteiger partial charge is 0.244 e. The maximum Gasteiger partial charge on any atom is 0.244 e. The van der Waals surface area contributed by atoms with Crippen molar-refractivity contribution in [2.45, 2.75) is 13.0 Å². The average Bonchev–Trinajstić information content (AvgIpc) is 2.90. The third kappa shape index (κ3) is 2.42. The maximum absolute atomic E-state index is 5.35. The van der Waals surface area contributed by atoms with Crippen molar-refractivity contribution in [2.24, 2.45) is 0 Å². The highest BCUT2D eigenvalue weighted by Gasteiger charge is 2.21. The van der Waals surface area contributed by atoms with Crippen molar-refractivity contribution < 1.29 is 4.52 Å². The van der Waals surface area contributed by atoms with Gasteiger partial charge in [-0.15, -0.1) is 0 Å². The third-order valence-corrected chi connectivity index (χ3v) is 4.03. The Bertz CT molecular complexity index is 517. The molecule has 0 aliphatic carbocycles. The molecule has 94 valence electrons. The van der Waals surface area contributed by atoms with E-state index in [-0.39, 0.29) is 6.04 Å². The van der Waals surface area contributed by atoms with E-state index in [0.29, 0.717) is 11.7 Å². The third-order valence-electron chi connectivity index (χ3n) is 2.97. The van der Waals surface area contributed by atoms with Crippen LogP contribution in [0.25, 0.3) is 11.4 Å². The molecule has 0 saturated carbocycles. The minimum atomic E-state index is 0.190. The van der Waals surface area contributed by atoms with Crippen LogP contribution in [0.2, 0.25) is 0 Å². The van der Waals surface area contributed by atoms with Crippen LogP contribution >= 0.6 is 11.8 Å². The van der Waals surface area contributed by atoms with Gasteiger partial charge in [-0.1, -0.05) is 35.0 Å². The van der Waals surface area contributed by atoms with Crippen LogP contribution in [0.15, 0.2) is 28.8 Å². The van der Waals surface area contributed by atoms with Gasteiger partial charge >= 0.3 is 0 Å². The number of hydrogen-bond acceptors (Lipinski definition) is 5. The topological polar surface area (TPSA) is 51.0 Å². The summed E-state index contributed by atoms with van der Waals surface area (Å²) in [4.78, 5) is 4.48. The lowest BCUT2D eigenvalue weighted by Gasteiger charge is -2.19. The van der Waals surface area contributed by atoms with E-state index in [1.807, 2.05) is 23.9 Å². The van der Waals surface area contributed by atoms with Crippen molar-refractivity contribution in [1.82, 2.24) is 15.5 Å². The molecular weight excluding hydrogens is 246 g/mol. The largest absolute Gasteiger partial charge is 0.337 e. The number of nitrogens with one attached hydrogen (secondary N) is 1. The summed E-state index contributed by atoms with van der Waals surface area (Å²) in [5.74, 6) is 3.51. The molecule has 0 radical (unpaired) electrons. The second kappa shape index (κ2) is 5.12. The summed E-state index contributed by atoms with van der Waals surface area (Å²) in [7, 11) is 0. The van der Waals surface area contributed by atoms with E-state index in [0.717, 1.165) is 23.6 Å². The van der Waals surface area contributed by atoms with Gasteiger partial charge in [-0.25, -0.2) is 0 Å². The van der Waals surface area contributed by atoms with E-state index in [2.05, 4.69) is 34.5 Å². The minimum Gasteiger partial charge on any atom is -0.337 e. The van der Waals surface area contributed by atoms with E-state index < -0.39 is 0 Å². The van der Waals surface area contributed by atoms with Crippen LogP contribution in [0.1, 0.15) is 17.5 Å². The molecule has 2 aromatic rings. The molecule has 5 heteroatoms. The predicted molar refractivity (Wildman–Crippen MR) is 72.5 cm³/mol. The number of aromatic nitrogens is 2. The van der Waals surface area contributed by atoms with Gasteiger partial charge in [0.25, 0.3) is 0 Å². The molecule has 1 saturated heterocycles. The van der Waals surface area contributed by atoms with Gasteiger partial charge in [-0.05, 0) is 6.92 Å². The van der Waals surface area contributed by atoms with Gasteiger partial charge in [-0.3, -0.25) is 0 Å². The second-order valence-electron chi connectivity index (χ2n) is 4.40. The Morgan fingerprint density at radius 3 is 2.89 bits per heavy atom. The molecule has 1 aliphatic heterocycles. The Labute approximate surface area is 110 Å². The van der Waals surface area contributed by atoms with Gasteiger partial charge in [0.15, 0.2) is 0 Å². The molecule has 0 bridgehead atoms. The molecule has 2 heterocycles.